The number of thiazole rings is 1. The maximum Gasteiger partial charge on any atom is 0.187 e. The third-order valence-corrected chi connectivity index (χ3v) is 3.48. The molecule has 1 saturated heterocycles. The summed E-state index contributed by atoms with van der Waals surface area (Å²) in [5.41, 5.74) is 0. The lowest BCUT2D eigenvalue weighted by molar-refractivity contribution is 0.112. The van der Waals surface area contributed by atoms with Crippen LogP contribution in [0.15, 0.2) is 0 Å². The quantitative estimate of drug-likeness (QED) is 0.720. The van der Waals surface area contributed by atoms with E-state index in [1.807, 2.05) is 4.90 Å². The molecule has 1 aliphatic rings. The molecule has 1 aliphatic heterocycles. The third kappa shape index (κ3) is 1.47. The van der Waals surface area contributed by atoms with Crippen LogP contribution < -0.4 is 4.90 Å². The molecule has 0 atom stereocenters. The van der Waals surface area contributed by atoms with E-state index in [1.54, 1.807) is 0 Å². The second kappa shape index (κ2) is 3.56. The number of aromatic nitrogens is 1. The van der Waals surface area contributed by atoms with Crippen molar-refractivity contribution in [3.05, 3.63) is 10.0 Å². The number of aldehydes is 1. The van der Waals surface area contributed by atoms with Crippen molar-refractivity contribution in [3.63, 3.8) is 0 Å². The van der Waals surface area contributed by atoms with Gasteiger partial charge in [0.1, 0.15) is 4.88 Å². The van der Waals surface area contributed by atoms with Crippen LogP contribution in [0, 0.1) is 17.2 Å². The van der Waals surface area contributed by atoms with Gasteiger partial charge in [0.05, 0.1) is 12.0 Å². The molecule has 0 N–H and O–H groups in total. The predicted octanol–water partition coefficient (Wildman–Crippen LogP) is 1.57. The van der Waals surface area contributed by atoms with E-state index in [0.29, 0.717) is 24.3 Å². The van der Waals surface area contributed by atoms with E-state index in [2.05, 4.69) is 11.1 Å². The zero-order valence-corrected chi connectivity index (χ0v) is 8.68. The SMILES string of the molecule is N#CC1CN(c2nc(Cl)c(C=O)s2)C1. The highest BCUT2D eigenvalue weighted by atomic mass is 35.5. The van der Waals surface area contributed by atoms with Gasteiger partial charge < -0.3 is 4.90 Å². The molecular weight excluding hydrogens is 222 g/mol. The van der Waals surface area contributed by atoms with Crippen molar-refractivity contribution in [1.29, 1.82) is 5.26 Å². The first-order valence-corrected chi connectivity index (χ1v) is 5.20. The van der Waals surface area contributed by atoms with Crippen molar-refractivity contribution in [2.24, 2.45) is 5.92 Å². The highest BCUT2D eigenvalue weighted by Crippen LogP contribution is 2.32. The molecule has 2 rings (SSSR count). The number of hydrogen-bond acceptors (Lipinski definition) is 5. The van der Waals surface area contributed by atoms with Crippen LogP contribution in [0.25, 0.3) is 0 Å². The second-order valence-electron chi connectivity index (χ2n) is 3.00. The van der Waals surface area contributed by atoms with E-state index < -0.39 is 0 Å². The Labute approximate surface area is 89.7 Å². The minimum absolute atomic E-state index is 0.0809. The van der Waals surface area contributed by atoms with Crippen molar-refractivity contribution in [2.75, 3.05) is 18.0 Å². The Kier molecular flexibility index (Phi) is 2.40. The van der Waals surface area contributed by atoms with Gasteiger partial charge in [0.15, 0.2) is 16.6 Å². The number of nitriles is 1. The second-order valence-corrected chi connectivity index (χ2v) is 4.37. The lowest BCUT2D eigenvalue weighted by atomic mass is 10.0. The fourth-order valence-electron chi connectivity index (χ4n) is 1.23. The Balaban J connectivity index is 2.12. The zero-order valence-electron chi connectivity index (χ0n) is 7.11. The molecule has 0 bridgehead atoms. The lowest BCUT2D eigenvalue weighted by Crippen LogP contribution is -2.45. The van der Waals surface area contributed by atoms with Crippen LogP contribution in [0.5, 0.6) is 0 Å². The van der Waals surface area contributed by atoms with Gasteiger partial charge in [0.2, 0.25) is 0 Å². The van der Waals surface area contributed by atoms with Gasteiger partial charge in [-0.1, -0.05) is 22.9 Å². The van der Waals surface area contributed by atoms with Crippen molar-refractivity contribution in [2.45, 2.75) is 0 Å². The van der Waals surface area contributed by atoms with Crippen LogP contribution in [0.4, 0.5) is 5.13 Å². The van der Waals surface area contributed by atoms with Crippen LogP contribution >= 0.6 is 22.9 Å². The number of anilines is 1. The largest absolute Gasteiger partial charge is 0.345 e. The molecule has 1 fully saturated rings. The minimum atomic E-state index is 0.0809. The summed E-state index contributed by atoms with van der Waals surface area (Å²) in [6.07, 6.45) is 0.699. The summed E-state index contributed by atoms with van der Waals surface area (Å²) in [7, 11) is 0. The molecule has 1 aromatic rings. The van der Waals surface area contributed by atoms with E-state index in [1.165, 1.54) is 11.3 Å². The number of rotatable bonds is 2. The van der Waals surface area contributed by atoms with Gasteiger partial charge in [0.25, 0.3) is 0 Å². The van der Waals surface area contributed by atoms with E-state index in [0.717, 1.165) is 5.13 Å². The highest BCUT2D eigenvalue weighted by molar-refractivity contribution is 7.17. The molecule has 0 spiro atoms. The number of carbonyl (C=O) groups excluding carboxylic acids is 1. The van der Waals surface area contributed by atoms with E-state index in [9.17, 15) is 4.79 Å². The molecule has 0 aliphatic carbocycles. The topological polar surface area (TPSA) is 57.0 Å². The molecule has 0 aromatic carbocycles. The van der Waals surface area contributed by atoms with E-state index >= 15 is 0 Å². The number of hydrogen-bond donors (Lipinski definition) is 0. The Morgan fingerprint density at radius 2 is 2.43 bits per heavy atom. The average molecular weight is 228 g/mol. The van der Waals surface area contributed by atoms with Crippen molar-refractivity contribution in [1.82, 2.24) is 4.98 Å². The number of carbonyl (C=O) groups is 1. The van der Waals surface area contributed by atoms with Crippen LogP contribution in [0.2, 0.25) is 5.15 Å². The molecular formula is C8H6ClN3OS. The summed E-state index contributed by atoms with van der Waals surface area (Å²) in [4.78, 5) is 16.9. The Bertz CT molecular complexity index is 405. The summed E-state index contributed by atoms with van der Waals surface area (Å²) < 4.78 is 0. The highest BCUT2D eigenvalue weighted by Gasteiger charge is 2.29. The van der Waals surface area contributed by atoms with Gasteiger partial charge >= 0.3 is 0 Å². The molecule has 72 valence electrons. The predicted molar refractivity (Wildman–Crippen MR) is 53.8 cm³/mol. The maximum absolute atomic E-state index is 10.5. The molecule has 1 aromatic heterocycles. The Hall–Kier alpha value is -1.12. The van der Waals surface area contributed by atoms with Gasteiger partial charge in [-0.3, -0.25) is 4.79 Å². The van der Waals surface area contributed by atoms with Crippen molar-refractivity contribution >= 4 is 34.4 Å². The Morgan fingerprint density at radius 1 is 1.71 bits per heavy atom. The van der Waals surface area contributed by atoms with Crippen LogP contribution in [-0.2, 0) is 0 Å². The summed E-state index contributed by atoms with van der Waals surface area (Å²) >= 11 is 6.98. The average Bonchev–Trinajstić information content (AvgIpc) is 2.45. The smallest absolute Gasteiger partial charge is 0.187 e. The number of nitrogens with zero attached hydrogens (tertiary/aromatic N) is 3. The molecule has 0 saturated carbocycles. The fraction of sp³-hybridized carbons (Fsp3) is 0.375. The summed E-state index contributed by atoms with van der Waals surface area (Å²) in [5.74, 6) is 0.0809. The minimum Gasteiger partial charge on any atom is -0.345 e. The first-order valence-electron chi connectivity index (χ1n) is 4.00. The van der Waals surface area contributed by atoms with Gasteiger partial charge in [-0.25, -0.2) is 4.98 Å². The monoisotopic (exact) mass is 227 g/mol. The van der Waals surface area contributed by atoms with E-state index in [4.69, 9.17) is 16.9 Å². The molecule has 6 heteroatoms. The normalized spacial score (nSPS) is 16.1. The Morgan fingerprint density at radius 3 is 2.93 bits per heavy atom. The first-order chi connectivity index (χ1) is 6.74. The molecule has 4 nitrogen and oxygen atoms in total. The van der Waals surface area contributed by atoms with Gasteiger partial charge in [-0.05, 0) is 0 Å². The molecule has 0 unspecified atom stereocenters. The lowest BCUT2D eigenvalue weighted by Gasteiger charge is -2.34. The van der Waals surface area contributed by atoms with Gasteiger partial charge in [0, 0.05) is 13.1 Å². The molecule has 2 heterocycles. The van der Waals surface area contributed by atoms with Crippen LogP contribution in [-0.4, -0.2) is 24.4 Å². The van der Waals surface area contributed by atoms with Crippen molar-refractivity contribution in [3.8, 4) is 6.07 Å². The van der Waals surface area contributed by atoms with Crippen molar-refractivity contribution < 1.29 is 4.79 Å². The standard InChI is InChI=1S/C8H6ClN3OS/c9-7-6(4-13)14-8(11-7)12-2-5(1-10)3-12/h4-5H,2-3H2. The van der Waals surface area contributed by atoms with Gasteiger partial charge in [-0.2, -0.15) is 5.26 Å². The van der Waals surface area contributed by atoms with E-state index in [-0.39, 0.29) is 11.1 Å². The fourth-order valence-corrected chi connectivity index (χ4v) is 2.31. The summed E-state index contributed by atoms with van der Waals surface area (Å²) in [5, 5.41) is 9.56. The first kappa shape index (κ1) is 9.44. The van der Waals surface area contributed by atoms with Crippen LogP contribution in [0.3, 0.4) is 0 Å². The third-order valence-electron chi connectivity index (χ3n) is 2.04. The molecule has 0 amide bonds. The molecule has 0 radical (unpaired) electrons. The maximum atomic E-state index is 10.5. The summed E-state index contributed by atoms with van der Waals surface area (Å²) in [6.45, 7) is 1.36. The summed E-state index contributed by atoms with van der Waals surface area (Å²) in [6, 6.07) is 2.17. The van der Waals surface area contributed by atoms with Crippen LogP contribution in [0.1, 0.15) is 9.67 Å². The zero-order chi connectivity index (χ0) is 10.1. The molecule has 14 heavy (non-hydrogen) atoms. The number of halogens is 1. The van der Waals surface area contributed by atoms with Gasteiger partial charge in [-0.15, -0.1) is 0 Å².